The first-order chi connectivity index (χ1) is 12.5. The molecule has 2 fully saturated rings. The summed E-state index contributed by atoms with van der Waals surface area (Å²) in [6.45, 7) is 0.455. The van der Waals surface area contributed by atoms with Crippen molar-refractivity contribution in [2.45, 2.75) is 12.1 Å². The molecule has 136 valence electrons. The molecular weight excluding hydrogens is 360 g/mol. The van der Waals surface area contributed by atoms with E-state index in [1.807, 2.05) is 0 Å². The summed E-state index contributed by atoms with van der Waals surface area (Å²) in [4.78, 5) is 32.5. The molecule has 2 atom stereocenters. The number of hydrogen-bond donors (Lipinski definition) is 0. The van der Waals surface area contributed by atoms with Crippen molar-refractivity contribution >= 4 is 21.7 Å². The topological polar surface area (TPSA) is 114 Å². The average Bonchev–Trinajstić information content (AvgIpc) is 3.27. The van der Waals surface area contributed by atoms with Gasteiger partial charge in [0.2, 0.25) is 0 Å². The number of carbonyl (C=O) groups is 2. The Morgan fingerprint density at radius 2 is 1.65 bits per heavy atom. The predicted molar refractivity (Wildman–Crippen MR) is 89.0 cm³/mol. The normalized spacial score (nSPS) is 24.3. The van der Waals surface area contributed by atoms with Crippen LogP contribution in [-0.2, 0) is 9.84 Å². The molecule has 2 aliphatic rings. The molecule has 2 aliphatic heterocycles. The number of piperazine rings is 1. The lowest BCUT2D eigenvalue weighted by atomic mass is 10.0. The highest BCUT2D eigenvalue weighted by molar-refractivity contribution is 7.91. The summed E-state index contributed by atoms with van der Waals surface area (Å²) in [5.41, 5.74) is 0.379. The van der Waals surface area contributed by atoms with E-state index in [9.17, 15) is 18.0 Å². The van der Waals surface area contributed by atoms with Gasteiger partial charge >= 0.3 is 0 Å². The molecule has 0 N–H and O–H groups in total. The van der Waals surface area contributed by atoms with Crippen molar-refractivity contribution in [2.75, 3.05) is 24.6 Å². The first kappa shape index (κ1) is 16.7. The summed E-state index contributed by atoms with van der Waals surface area (Å²) < 4.78 is 29.2. The van der Waals surface area contributed by atoms with Crippen LogP contribution in [0.15, 0.2) is 41.2 Å². The van der Waals surface area contributed by atoms with Crippen LogP contribution in [0.2, 0.25) is 0 Å². The summed E-state index contributed by atoms with van der Waals surface area (Å²) in [6.07, 6.45) is 2.80. The fourth-order valence-corrected chi connectivity index (χ4v) is 5.54. The molecule has 0 spiro atoms. The van der Waals surface area contributed by atoms with Crippen LogP contribution < -0.4 is 0 Å². The van der Waals surface area contributed by atoms with Gasteiger partial charge in [0.25, 0.3) is 11.8 Å². The van der Waals surface area contributed by atoms with Gasteiger partial charge in [-0.3, -0.25) is 14.6 Å². The molecule has 2 aromatic heterocycles. The lowest BCUT2D eigenvalue weighted by Crippen LogP contribution is -2.62. The van der Waals surface area contributed by atoms with Gasteiger partial charge in [-0.2, -0.15) is 0 Å². The molecule has 2 saturated heterocycles. The van der Waals surface area contributed by atoms with E-state index in [1.165, 1.54) is 28.3 Å². The van der Waals surface area contributed by atoms with Gasteiger partial charge in [-0.05, 0) is 12.1 Å². The summed E-state index contributed by atoms with van der Waals surface area (Å²) in [7, 11) is -3.36. The van der Waals surface area contributed by atoms with Crippen molar-refractivity contribution in [3.63, 3.8) is 0 Å². The van der Waals surface area contributed by atoms with Gasteiger partial charge in [0.15, 0.2) is 15.5 Å². The Morgan fingerprint density at radius 3 is 2.19 bits per heavy atom. The lowest BCUT2D eigenvalue weighted by molar-refractivity contribution is 0.0273. The standard InChI is InChI=1S/C16H16N4O5S/c21-15(11-3-1-2-5-17-11)19-6-7-20(16(22)12-4-8-25-18-12)14-10-26(23,24)9-13(14)19/h1-5,8,13-14H,6-7,9-10H2/t13-,14+/m1/s1. The molecule has 0 radical (unpaired) electrons. The highest BCUT2D eigenvalue weighted by Crippen LogP contribution is 2.29. The third kappa shape index (κ3) is 2.85. The van der Waals surface area contributed by atoms with Crippen LogP contribution in [0.5, 0.6) is 0 Å². The summed E-state index contributed by atoms with van der Waals surface area (Å²) >= 11 is 0. The number of amides is 2. The first-order valence-corrected chi connectivity index (χ1v) is 9.92. The maximum Gasteiger partial charge on any atom is 0.276 e. The third-order valence-corrected chi connectivity index (χ3v) is 6.44. The van der Waals surface area contributed by atoms with Crippen LogP contribution in [0.25, 0.3) is 0 Å². The quantitative estimate of drug-likeness (QED) is 0.715. The minimum atomic E-state index is -3.36. The maximum absolute atomic E-state index is 12.8. The average molecular weight is 376 g/mol. The second kappa shape index (κ2) is 6.20. The molecule has 2 amide bonds. The van der Waals surface area contributed by atoms with Crippen molar-refractivity contribution in [1.82, 2.24) is 19.9 Å². The molecule has 2 aromatic rings. The lowest BCUT2D eigenvalue weighted by Gasteiger charge is -2.43. The fraction of sp³-hybridized carbons (Fsp3) is 0.375. The van der Waals surface area contributed by atoms with Crippen LogP contribution in [0.4, 0.5) is 0 Å². The van der Waals surface area contributed by atoms with Crippen molar-refractivity contribution in [3.8, 4) is 0 Å². The van der Waals surface area contributed by atoms with Crippen molar-refractivity contribution < 1.29 is 22.5 Å². The van der Waals surface area contributed by atoms with E-state index < -0.39 is 27.8 Å². The Hall–Kier alpha value is -2.75. The third-order valence-electron chi connectivity index (χ3n) is 4.74. The smallest absolute Gasteiger partial charge is 0.276 e. The van der Waals surface area contributed by atoms with Gasteiger partial charge in [0, 0.05) is 25.4 Å². The molecule has 4 heterocycles. The number of aromatic nitrogens is 2. The molecule has 0 bridgehead atoms. The Bertz CT molecular complexity index is 929. The zero-order valence-electron chi connectivity index (χ0n) is 13.7. The van der Waals surface area contributed by atoms with E-state index in [2.05, 4.69) is 10.1 Å². The number of rotatable bonds is 2. The van der Waals surface area contributed by atoms with E-state index >= 15 is 0 Å². The van der Waals surface area contributed by atoms with E-state index in [-0.39, 0.29) is 41.9 Å². The SMILES string of the molecule is O=C(c1ccccn1)N1CCN(C(=O)c2ccon2)[C@H]2CS(=O)(=O)C[C@H]21. The van der Waals surface area contributed by atoms with Crippen molar-refractivity contribution in [2.24, 2.45) is 0 Å². The van der Waals surface area contributed by atoms with Gasteiger partial charge in [0.1, 0.15) is 12.0 Å². The minimum absolute atomic E-state index is 0.123. The predicted octanol–water partition coefficient (Wildman–Crippen LogP) is -0.167. The van der Waals surface area contributed by atoms with Crippen molar-refractivity contribution in [1.29, 1.82) is 0 Å². The number of carbonyl (C=O) groups excluding carboxylic acids is 2. The molecule has 0 aliphatic carbocycles. The molecule has 9 nitrogen and oxygen atoms in total. The van der Waals surface area contributed by atoms with Crippen LogP contribution in [0.1, 0.15) is 21.0 Å². The molecule has 26 heavy (non-hydrogen) atoms. The number of pyridine rings is 1. The first-order valence-electron chi connectivity index (χ1n) is 8.10. The van der Waals surface area contributed by atoms with Gasteiger partial charge in [-0.15, -0.1) is 0 Å². The minimum Gasteiger partial charge on any atom is -0.364 e. The Labute approximate surface area is 149 Å². The van der Waals surface area contributed by atoms with E-state index in [1.54, 1.807) is 18.2 Å². The second-order valence-electron chi connectivity index (χ2n) is 6.31. The zero-order valence-corrected chi connectivity index (χ0v) is 14.5. The Morgan fingerprint density at radius 1 is 1.00 bits per heavy atom. The number of fused-ring (bicyclic) bond motifs is 1. The van der Waals surface area contributed by atoms with Crippen LogP contribution in [0.3, 0.4) is 0 Å². The maximum atomic E-state index is 12.8. The molecule has 4 rings (SSSR count). The zero-order chi connectivity index (χ0) is 18.3. The highest BCUT2D eigenvalue weighted by atomic mass is 32.2. The Kier molecular flexibility index (Phi) is 3.98. The van der Waals surface area contributed by atoms with Crippen molar-refractivity contribution in [3.05, 3.63) is 48.1 Å². The molecule has 0 saturated carbocycles. The Balaban J connectivity index is 1.64. The van der Waals surface area contributed by atoms with Gasteiger partial charge < -0.3 is 14.3 Å². The summed E-state index contributed by atoms with van der Waals surface area (Å²) in [5, 5.41) is 3.64. The number of sulfone groups is 1. The monoisotopic (exact) mass is 376 g/mol. The van der Waals surface area contributed by atoms with E-state index in [0.29, 0.717) is 0 Å². The fourth-order valence-electron chi connectivity index (χ4n) is 3.56. The van der Waals surface area contributed by atoms with Crippen LogP contribution in [0, 0.1) is 0 Å². The number of hydrogen-bond acceptors (Lipinski definition) is 7. The van der Waals surface area contributed by atoms with Gasteiger partial charge in [-0.25, -0.2) is 8.42 Å². The van der Waals surface area contributed by atoms with Gasteiger partial charge in [0.05, 0.1) is 23.6 Å². The van der Waals surface area contributed by atoms with Crippen LogP contribution in [-0.4, -0.2) is 76.9 Å². The van der Waals surface area contributed by atoms with E-state index in [4.69, 9.17) is 4.52 Å². The van der Waals surface area contributed by atoms with Crippen LogP contribution >= 0.6 is 0 Å². The van der Waals surface area contributed by atoms with E-state index in [0.717, 1.165) is 0 Å². The number of nitrogens with zero attached hydrogens (tertiary/aromatic N) is 4. The highest BCUT2D eigenvalue weighted by Gasteiger charge is 2.50. The molecule has 0 aromatic carbocycles. The molecule has 0 unspecified atom stereocenters. The largest absolute Gasteiger partial charge is 0.364 e. The summed E-state index contributed by atoms with van der Waals surface area (Å²) in [5.74, 6) is -1.06. The second-order valence-corrected chi connectivity index (χ2v) is 8.46. The molecular formula is C16H16N4O5S. The molecule has 10 heteroatoms. The summed E-state index contributed by atoms with van der Waals surface area (Å²) in [6, 6.07) is 5.23. The van der Waals surface area contributed by atoms with Gasteiger partial charge in [-0.1, -0.05) is 11.2 Å².